The van der Waals surface area contributed by atoms with Crippen LogP contribution >= 0.6 is 0 Å². The number of H-pyrrole nitrogens is 1. The van der Waals surface area contributed by atoms with Crippen molar-refractivity contribution in [1.82, 2.24) is 4.98 Å². The molecule has 0 aliphatic carbocycles. The third-order valence-corrected chi connectivity index (χ3v) is 1.81. The highest BCUT2D eigenvalue weighted by Gasteiger charge is 2.18. The number of carbonyl (C=O) groups excluding carboxylic acids is 1. The van der Waals surface area contributed by atoms with Gasteiger partial charge in [0.05, 0.1) is 5.69 Å². The number of hydrogen-bond donors (Lipinski definition) is 2. The Hall–Kier alpha value is -1.14. The van der Waals surface area contributed by atoms with Crippen molar-refractivity contribution in [2.75, 3.05) is 0 Å². The molecule has 0 bridgehead atoms. The van der Waals surface area contributed by atoms with Crippen molar-refractivity contribution in [1.29, 1.82) is 0 Å². The molecule has 0 radical (unpaired) electrons. The molecule has 11 heavy (non-hydrogen) atoms. The van der Waals surface area contributed by atoms with E-state index in [-0.39, 0.29) is 5.69 Å². The second-order valence-corrected chi connectivity index (χ2v) is 3.38. The molecule has 0 fully saturated rings. The molecule has 0 unspecified atom stereocenters. The predicted octanol–water partition coefficient (Wildman–Crippen LogP) is -0.557. The Labute approximate surface area is 63.3 Å². The number of carbonyl (C=O) groups is 1. The van der Waals surface area contributed by atoms with Crippen molar-refractivity contribution < 1.29 is 13.2 Å². The molecule has 0 saturated carbocycles. The van der Waals surface area contributed by atoms with Crippen LogP contribution in [0.4, 0.5) is 0 Å². The number of nitrogens with one attached hydrogen (secondary N) is 1. The number of aromatic amines is 1. The lowest BCUT2D eigenvalue weighted by atomic mass is 10.5. The maximum Gasteiger partial charge on any atom is 0.307 e. The Morgan fingerprint density at radius 3 is 2.55 bits per heavy atom. The Balaban J connectivity index is 3.07. The molecule has 6 heteroatoms. The molecule has 0 amide bonds. The van der Waals surface area contributed by atoms with E-state index in [0.29, 0.717) is 0 Å². The summed E-state index contributed by atoms with van der Waals surface area (Å²) in [6.45, 7) is 0. The quantitative estimate of drug-likeness (QED) is 0.597. The summed E-state index contributed by atoms with van der Waals surface area (Å²) in [6, 6.07) is 2.85. The molecule has 0 atom stereocenters. The number of aromatic nitrogens is 1. The van der Waals surface area contributed by atoms with Crippen LogP contribution in [-0.4, -0.2) is 18.5 Å². The van der Waals surface area contributed by atoms with Gasteiger partial charge < -0.3 is 4.98 Å². The Morgan fingerprint density at radius 1 is 1.55 bits per heavy atom. The molecule has 0 aliphatic heterocycles. The van der Waals surface area contributed by atoms with Crippen LogP contribution in [0.2, 0.25) is 0 Å². The van der Waals surface area contributed by atoms with Gasteiger partial charge in [0.1, 0.15) is 0 Å². The zero-order valence-electron chi connectivity index (χ0n) is 5.44. The van der Waals surface area contributed by atoms with E-state index in [4.69, 9.17) is 0 Å². The van der Waals surface area contributed by atoms with Crippen molar-refractivity contribution in [3.8, 4) is 0 Å². The highest BCUT2D eigenvalue weighted by molar-refractivity contribution is 8.04. The van der Waals surface area contributed by atoms with Gasteiger partial charge in [0.25, 0.3) is 10.0 Å². The van der Waals surface area contributed by atoms with Gasteiger partial charge in [-0.15, -0.1) is 0 Å². The monoisotopic (exact) mass is 174 g/mol. The lowest BCUT2D eigenvalue weighted by molar-refractivity contribution is 0.107. The first-order valence-electron chi connectivity index (χ1n) is 2.72. The van der Waals surface area contributed by atoms with Crippen LogP contribution in [0.15, 0.2) is 18.3 Å². The standard InChI is InChI=1S/C5H6N2O3S/c6-11(9,10)5(8)4-2-1-3-7-4/h1-3,7H,(H2,6,9,10). The zero-order valence-corrected chi connectivity index (χ0v) is 6.26. The maximum atomic E-state index is 10.8. The highest BCUT2D eigenvalue weighted by atomic mass is 32.2. The van der Waals surface area contributed by atoms with Crippen molar-refractivity contribution in [2.24, 2.45) is 5.14 Å². The summed E-state index contributed by atoms with van der Waals surface area (Å²) < 4.78 is 20.9. The van der Waals surface area contributed by atoms with Gasteiger partial charge in [0.2, 0.25) is 0 Å². The van der Waals surface area contributed by atoms with Crippen LogP contribution in [0.5, 0.6) is 0 Å². The second-order valence-electron chi connectivity index (χ2n) is 1.92. The normalized spacial score (nSPS) is 11.4. The Bertz CT molecular complexity index is 351. The van der Waals surface area contributed by atoms with E-state index in [1.54, 1.807) is 0 Å². The van der Waals surface area contributed by atoms with Crippen molar-refractivity contribution in [3.63, 3.8) is 0 Å². The van der Waals surface area contributed by atoms with E-state index in [2.05, 4.69) is 10.1 Å². The average molecular weight is 174 g/mol. The van der Waals surface area contributed by atoms with Crippen LogP contribution in [-0.2, 0) is 10.0 Å². The molecule has 0 aliphatic rings. The molecular formula is C5H6N2O3S. The first kappa shape index (κ1) is 7.96. The third kappa shape index (κ3) is 1.66. The minimum atomic E-state index is -4.10. The van der Waals surface area contributed by atoms with E-state index < -0.39 is 15.1 Å². The summed E-state index contributed by atoms with van der Waals surface area (Å²) in [5.41, 5.74) is -0.0208. The van der Waals surface area contributed by atoms with Crippen LogP contribution < -0.4 is 5.14 Å². The summed E-state index contributed by atoms with van der Waals surface area (Å²) in [7, 11) is -4.10. The minimum absolute atomic E-state index is 0.0208. The number of nitrogens with two attached hydrogens (primary N) is 1. The molecule has 1 rings (SSSR count). The van der Waals surface area contributed by atoms with E-state index in [0.717, 1.165) is 0 Å². The molecule has 1 aromatic rings. The van der Waals surface area contributed by atoms with Gasteiger partial charge in [-0.05, 0) is 12.1 Å². The topological polar surface area (TPSA) is 93.0 Å². The summed E-state index contributed by atoms with van der Waals surface area (Å²) in [4.78, 5) is 13.2. The summed E-state index contributed by atoms with van der Waals surface area (Å²) in [6.07, 6.45) is 1.44. The smallest absolute Gasteiger partial charge is 0.307 e. The van der Waals surface area contributed by atoms with E-state index in [1.807, 2.05) is 0 Å². The maximum absolute atomic E-state index is 10.8. The third-order valence-electron chi connectivity index (χ3n) is 1.08. The van der Waals surface area contributed by atoms with Gasteiger partial charge in [-0.1, -0.05) is 0 Å². The molecule has 3 N–H and O–H groups in total. The van der Waals surface area contributed by atoms with Gasteiger partial charge in [-0.25, -0.2) is 13.6 Å². The lowest BCUT2D eigenvalue weighted by Gasteiger charge is -1.91. The number of sulfonamides is 1. The molecule has 1 aromatic heterocycles. The summed E-state index contributed by atoms with van der Waals surface area (Å²) >= 11 is 0. The van der Waals surface area contributed by atoms with Crippen molar-refractivity contribution >= 4 is 15.1 Å². The van der Waals surface area contributed by atoms with E-state index >= 15 is 0 Å². The molecule has 0 saturated heterocycles. The highest BCUT2D eigenvalue weighted by Crippen LogP contribution is 1.98. The Kier molecular flexibility index (Phi) is 1.79. The molecule has 5 nitrogen and oxygen atoms in total. The summed E-state index contributed by atoms with van der Waals surface area (Å²) in [5, 5.41) is 3.48. The Morgan fingerprint density at radius 2 is 2.18 bits per heavy atom. The fourth-order valence-corrected chi connectivity index (χ4v) is 1.04. The number of hydrogen-bond acceptors (Lipinski definition) is 3. The van der Waals surface area contributed by atoms with Gasteiger partial charge >= 0.3 is 5.12 Å². The molecule has 1 heterocycles. The van der Waals surface area contributed by atoms with Crippen molar-refractivity contribution in [2.45, 2.75) is 0 Å². The predicted molar refractivity (Wildman–Crippen MR) is 38.2 cm³/mol. The molecular weight excluding hydrogens is 168 g/mol. The average Bonchev–Trinajstić information content (AvgIpc) is 2.34. The van der Waals surface area contributed by atoms with Gasteiger partial charge in [0.15, 0.2) is 0 Å². The lowest BCUT2D eigenvalue weighted by Crippen LogP contribution is -2.23. The second kappa shape index (κ2) is 2.48. The van der Waals surface area contributed by atoms with Crippen molar-refractivity contribution in [3.05, 3.63) is 24.0 Å². The summed E-state index contributed by atoms with van der Waals surface area (Å²) in [5.74, 6) is 0. The molecule has 0 aromatic carbocycles. The number of rotatable bonds is 1. The van der Waals surface area contributed by atoms with Crippen LogP contribution in [0.25, 0.3) is 0 Å². The van der Waals surface area contributed by atoms with Gasteiger partial charge in [-0.3, -0.25) is 4.79 Å². The molecule has 0 spiro atoms. The first-order chi connectivity index (χ1) is 5.02. The van der Waals surface area contributed by atoms with Crippen LogP contribution in [0.3, 0.4) is 0 Å². The fourth-order valence-electron chi connectivity index (χ4n) is 0.611. The zero-order chi connectivity index (χ0) is 8.48. The van der Waals surface area contributed by atoms with E-state index in [1.165, 1.54) is 18.3 Å². The van der Waals surface area contributed by atoms with Crippen LogP contribution in [0, 0.1) is 0 Å². The molecule has 60 valence electrons. The minimum Gasteiger partial charge on any atom is -0.358 e. The fraction of sp³-hybridized carbons (Fsp3) is 0. The largest absolute Gasteiger partial charge is 0.358 e. The SMILES string of the molecule is NS(=O)(=O)C(=O)c1ccc[nH]1. The van der Waals surface area contributed by atoms with Crippen LogP contribution in [0.1, 0.15) is 10.5 Å². The van der Waals surface area contributed by atoms with Gasteiger partial charge in [-0.2, -0.15) is 0 Å². The number of primary sulfonamides is 1. The van der Waals surface area contributed by atoms with Gasteiger partial charge in [0, 0.05) is 6.20 Å². The van der Waals surface area contributed by atoms with E-state index in [9.17, 15) is 13.2 Å². The first-order valence-corrected chi connectivity index (χ1v) is 4.27.